The number of nitrogens with two attached hydrogens (primary N) is 1. The molecule has 0 unspecified atom stereocenters. The van der Waals surface area contributed by atoms with Gasteiger partial charge in [-0.2, -0.15) is 13.2 Å². The molecule has 0 aliphatic heterocycles. The maximum Gasteiger partial charge on any atom is 0.416 e. The number of halogens is 3. The highest BCUT2D eigenvalue weighted by Gasteiger charge is 2.32. The number of anilines is 2. The summed E-state index contributed by atoms with van der Waals surface area (Å²) in [4.78, 5) is 41.0. The number of rotatable bonds is 7. The molecule has 7 nitrogen and oxygen atoms in total. The zero-order valence-electron chi connectivity index (χ0n) is 17.0. The predicted molar refractivity (Wildman–Crippen MR) is 109 cm³/mol. The van der Waals surface area contributed by atoms with Crippen LogP contribution in [0.25, 0.3) is 0 Å². The third-order valence-electron chi connectivity index (χ3n) is 4.45. The highest BCUT2D eigenvalue weighted by Crippen LogP contribution is 2.30. The second kappa shape index (κ2) is 9.19. The van der Waals surface area contributed by atoms with Crippen molar-refractivity contribution in [1.82, 2.24) is 9.55 Å². The lowest BCUT2D eigenvalue weighted by Gasteiger charge is -2.25. The summed E-state index contributed by atoms with van der Waals surface area (Å²) >= 11 is 0. The van der Waals surface area contributed by atoms with Crippen molar-refractivity contribution in [3.8, 4) is 0 Å². The fourth-order valence-corrected chi connectivity index (χ4v) is 3.00. The van der Waals surface area contributed by atoms with Gasteiger partial charge < -0.3 is 10.6 Å². The van der Waals surface area contributed by atoms with Crippen LogP contribution < -0.4 is 21.9 Å². The maximum absolute atomic E-state index is 13.1. The van der Waals surface area contributed by atoms with E-state index in [1.165, 1.54) is 6.07 Å². The Morgan fingerprint density at radius 2 is 1.93 bits per heavy atom. The Morgan fingerprint density at radius 1 is 1.27 bits per heavy atom. The van der Waals surface area contributed by atoms with Gasteiger partial charge in [0.2, 0.25) is 0 Å². The summed E-state index contributed by atoms with van der Waals surface area (Å²) in [6, 6.07) is 3.96. The van der Waals surface area contributed by atoms with Crippen molar-refractivity contribution in [2.75, 3.05) is 17.2 Å². The molecule has 1 heterocycles. The molecule has 1 amide bonds. The van der Waals surface area contributed by atoms with E-state index in [0.29, 0.717) is 12.8 Å². The Morgan fingerprint density at radius 3 is 2.50 bits per heavy atom. The summed E-state index contributed by atoms with van der Waals surface area (Å²) in [5.74, 6) is -0.984. The van der Waals surface area contributed by atoms with E-state index in [-0.39, 0.29) is 36.1 Å². The van der Waals surface area contributed by atoms with Gasteiger partial charge in [0, 0.05) is 18.7 Å². The summed E-state index contributed by atoms with van der Waals surface area (Å²) < 4.78 is 40.4. The van der Waals surface area contributed by atoms with Crippen molar-refractivity contribution in [3.63, 3.8) is 0 Å². The number of aromatic nitrogens is 2. The second-order valence-corrected chi connectivity index (χ2v) is 7.39. The van der Waals surface area contributed by atoms with Crippen LogP contribution in [0, 0.1) is 5.92 Å². The van der Waals surface area contributed by atoms with E-state index >= 15 is 0 Å². The number of aromatic amines is 1. The topological polar surface area (TPSA) is 101 Å². The second-order valence-electron chi connectivity index (χ2n) is 7.39. The molecule has 0 bridgehead atoms. The minimum absolute atomic E-state index is 0.0204. The Labute approximate surface area is 171 Å². The largest absolute Gasteiger partial charge is 0.416 e. The van der Waals surface area contributed by atoms with Crippen LogP contribution in [0.5, 0.6) is 0 Å². The molecule has 0 atom stereocenters. The lowest BCUT2D eigenvalue weighted by molar-refractivity contribution is -0.137. The lowest BCUT2D eigenvalue weighted by Crippen LogP contribution is -2.42. The number of hydrogen-bond acceptors (Lipinski definition) is 4. The first-order valence-electron chi connectivity index (χ1n) is 9.59. The number of H-pyrrole nitrogens is 1. The van der Waals surface area contributed by atoms with Gasteiger partial charge in [-0.3, -0.25) is 19.1 Å². The fraction of sp³-hybridized carbons (Fsp3) is 0.450. The van der Waals surface area contributed by atoms with E-state index in [4.69, 9.17) is 5.73 Å². The van der Waals surface area contributed by atoms with Crippen molar-refractivity contribution in [1.29, 1.82) is 0 Å². The molecule has 0 radical (unpaired) electrons. The van der Waals surface area contributed by atoms with Gasteiger partial charge in [-0.1, -0.05) is 33.3 Å². The smallest absolute Gasteiger partial charge is 0.383 e. The molecule has 164 valence electrons. The van der Waals surface area contributed by atoms with Crippen LogP contribution in [0.2, 0.25) is 0 Å². The number of nitrogens with zero attached hydrogens (tertiary/aromatic N) is 2. The molecule has 10 heteroatoms. The normalized spacial score (nSPS) is 11.7. The zero-order valence-corrected chi connectivity index (χ0v) is 17.0. The Kier molecular flexibility index (Phi) is 7.12. The third-order valence-corrected chi connectivity index (χ3v) is 4.45. The lowest BCUT2D eigenvalue weighted by atomic mass is 10.1. The van der Waals surface area contributed by atoms with Crippen LogP contribution in [0.4, 0.5) is 24.7 Å². The van der Waals surface area contributed by atoms with Crippen LogP contribution in [-0.2, 0) is 12.7 Å². The van der Waals surface area contributed by atoms with Crippen molar-refractivity contribution in [2.45, 2.75) is 46.3 Å². The number of nitrogens with one attached hydrogen (secondary N) is 1. The minimum Gasteiger partial charge on any atom is -0.383 e. The van der Waals surface area contributed by atoms with Gasteiger partial charge in [-0.25, -0.2) is 4.79 Å². The van der Waals surface area contributed by atoms with Crippen LogP contribution in [-0.4, -0.2) is 22.0 Å². The Bertz CT molecular complexity index is 1030. The molecule has 0 saturated heterocycles. The molecule has 1 aromatic carbocycles. The van der Waals surface area contributed by atoms with E-state index in [0.717, 1.165) is 27.7 Å². The first kappa shape index (κ1) is 23.2. The van der Waals surface area contributed by atoms with Crippen molar-refractivity contribution in [2.24, 2.45) is 5.92 Å². The van der Waals surface area contributed by atoms with Crippen LogP contribution in [0.3, 0.4) is 0 Å². The summed E-state index contributed by atoms with van der Waals surface area (Å²) in [6.45, 7) is 5.81. The van der Waals surface area contributed by atoms with Crippen molar-refractivity contribution >= 4 is 17.4 Å². The van der Waals surface area contributed by atoms with E-state index in [1.54, 1.807) is 0 Å². The van der Waals surface area contributed by atoms with Gasteiger partial charge in [0.05, 0.1) is 5.56 Å². The monoisotopic (exact) mass is 426 g/mol. The molecule has 0 fully saturated rings. The molecule has 0 spiro atoms. The van der Waals surface area contributed by atoms with E-state index in [9.17, 15) is 27.6 Å². The molecular formula is C20H25F3N4O3. The molecule has 0 aliphatic rings. The quantitative estimate of drug-likeness (QED) is 0.710. The highest BCUT2D eigenvalue weighted by molar-refractivity contribution is 6.07. The van der Waals surface area contributed by atoms with Crippen molar-refractivity contribution < 1.29 is 18.0 Å². The van der Waals surface area contributed by atoms with Gasteiger partial charge in [0.1, 0.15) is 5.82 Å². The summed E-state index contributed by atoms with van der Waals surface area (Å²) in [6.07, 6.45) is -3.48. The molecule has 2 aromatic rings. The number of amides is 1. The number of alkyl halides is 3. The predicted octanol–water partition coefficient (Wildman–Crippen LogP) is 3.24. The number of carbonyl (C=O) groups is 1. The van der Waals surface area contributed by atoms with E-state index in [1.807, 2.05) is 20.8 Å². The summed E-state index contributed by atoms with van der Waals surface area (Å²) in [5, 5.41) is 0. The van der Waals surface area contributed by atoms with E-state index in [2.05, 4.69) is 4.98 Å². The Balaban J connectivity index is 2.63. The first-order valence-corrected chi connectivity index (χ1v) is 9.59. The molecule has 0 aliphatic carbocycles. The number of nitrogen functional groups attached to an aromatic ring is 1. The van der Waals surface area contributed by atoms with Gasteiger partial charge in [0.25, 0.3) is 11.5 Å². The van der Waals surface area contributed by atoms with Crippen LogP contribution in [0.1, 0.15) is 49.5 Å². The van der Waals surface area contributed by atoms with Gasteiger partial charge in [0.15, 0.2) is 5.69 Å². The SMILES string of the molecule is CCCCN(C(=O)c1cccc(C(F)(F)F)c1)c1c(N)n(CC(C)C)c(=O)[nH]c1=O. The first-order chi connectivity index (χ1) is 14.0. The third kappa shape index (κ3) is 5.11. The zero-order chi connectivity index (χ0) is 22.6. The van der Waals surface area contributed by atoms with Gasteiger partial charge in [-0.05, 0) is 30.5 Å². The average Bonchev–Trinajstić information content (AvgIpc) is 2.66. The molecule has 3 N–H and O–H groups in total. The molecule has 30 heavy (non-hydrogen) atoms. The summed E-state index contributed by atoms with van der Waals surface area (Å²) in [5.41, 5.74) is 3.06. The number of benzene rings is 1. The van der Waals surface area contributed by atoms with Gasteiger partial charge >= 0.3 is 11.9 Å². The minimum atomic E-state index is -4.62. The Hall–Kier alpha value is -3.04. The average molecular weight is 426 g/mol. The molecule has 0 saturated carbocycles. The maximum atomic E-state index is 13.1. The number of carbonyl (C=O) groups excluding carboxylic acids is 1. The number of hydrogen-bond donors (Lipinski definition) is 2. The fourth-order valence-electron chi connectivity index (χ4n) is 3.00. The standard InChI is InChI=1S/C20H25F3N4O3/c1-4-5-9-26(18(29)13-7-6-8-14(10-13)20(21,22)23)15-16(24)27(11-12(2)3)19(30)25-17(15)28/h6-8,10,12H,4-5,9,11,24H2,1-3H3,(H,25,28,30). The van der Waals surface area contributed by atoms with Crippen LogP contribution in [0.15, 0.2) is 33.9 Å². The molecule has 2 rings (SSSR count). The molecular weight excluding hydrogens is 401 g/mol. The summed E-state index contributed by atoms with van der Waals surface area (Å²) in [7, 11) is 0. The van der Waals surface area contributed by atoms with Crippen LogP contribution >= 0.6 is 0 Å². The van der Waals surface area contributed by atoms with E-state index < -0.39 is 28.9 Å². The highest BCUT2D eigenvalue weighted by atomic mass is 19.4. The molecule has 1 aromatic heterocycles. The van der Waals surface area contributed by atoms with Crippen molar-refractivity contribution in [3.05, 3.63) is 56.2 Å². The van der Waals surface area contributed by atoms with Gasteiger partial charge in [-0.15, -0.1) is 0 Å². The number of unbranched alkanes of at least 4 members (excludes halogenated alkanes) is 1.